The molecule has 176 valence electrons. The van der Waals surface area contributed by atoms with E-state index in [1.54, 1.807) is 19.2 Å². The number of aryl methyl sites for hydroxylation is 1. The van der Waals surface area contributed by atoms with Crippen LogP contribution in [0.1, 0.15) is 12.6 Å². The quantitative estimate of drug-likeness (QED) is 0.407. The summed E-state index contributed by atoms with van der Waals surface area (Å²) in [6.45, 7) is 1.88. The fourth-order valence-electron chi connectivity index (χ4n) is 2.80. The van der Waals surface area contributed by atoms with Crippen LogP contribution >= 0.6 is 0 Å². The fraction of sp³-hybridized carbons (Fsp3) is 0.278. The lowest BCUT2D eigenvalue weighted by molar-refractivity contribution is -0.202. The zero-order chi connectivity index (χ0) is 24.3. The average Bonchev–Trinajstić information content (AvgIpc) is 3.34. The summed E-state index contributed by atoms with van der Waals surface area (Å²) in [5.74, 6) is -2.65. The molecular formula is C18H16F5N7O3. The number of aromatic nitrogens is 6. The van der Waals surface area contributed by atoms with E-state index >= 15 is 0 Å². The Morgan fingerprint density at radius 2 is 1.94 bits per heavy atom. The Hall–Kier alpha value is -3.88. The first kappa shape index (κ1) is 23.8. The summed E-state index contributed by atoms with van der Waals surface area (Å²) in [6.07, 6.45) is -5.84. The van der Waals surface area contributed by atoms with Gasteiger partial charge in [0.1, 0.15) is 0 Å². The molecule has 0 radical (unpaired) electrons. The summed E-state index contributed by atoms with van der Waals surface area (Å²) in [5, 5.41) is 10.8. The van der Waals surface area contributed by atoms with E-state index in [1.807, 2.05) is 0 Å². The third-order valence-corrected chi connectivity index (χ3v) is 4.41. The minimum absolute atomic E-state index is 0.0632. The molecule has 3 rings (SSSR count). The van der Waals surface area contributed by atoms with E-state index in [1.165, 1.54) is 22.9 Å². The topological polar surface area (TPSA) is 123 Å². The molecule has 15 heteroatoms. The van der Waals surface area contributed by atoms with Crippen LogP contribution in [0.15, 0.2) is 46.9 Å². The van der Waals surface area contributed by atoms with Crippen LogP contribution in [0.5, 0.6) is 0 Å². The highest BCUT2D eigenvalue weighted by molar-refractivity contribution is 5.75. The Bertz CT molecular complexity index is 1250. The van der Waals surface area contributed by atoms with Crippen molar-refractivity contribution in [2.24, 2.45) is 5.73 Å². The van der Waals surface area contributed by atoms with Crippen LogP contribution in [0.2, 0.25) is 0 Å². The fourth-order valence-corrected chi connectivity index (χ4v) is 2.80. The van der Waals surface area contributed by atoms with Gasteiger partial charge in [-0.15, -0.1) is 0 Å². The van der Waals surface area contributed by atoms with Crippen LogP contribution < -0.4 is 16.3 Å². The van der Waals surface area contributed by atoms with Crippen molar-refractivity contribution in [1.82, 2.24) is 29.7 Å². The Kier molecular flexibility index (Phi) is 6.71. The molecule has 0 spiro atoms. The molecule has 0 fully saturated rings. The first-order chi connectivity index (χ1) is 15.5. The lowest BCUT2D eigenvalue weighted by atomic mass is 10.0. The molecule has 3 aromatic rings. The summed E-state index contributed by atoms with van der Waals surface area (Å²) < 4.78 is 65.4. The molecule has 0 aliphatic rings. The van der Waals surface area contributed by atoms with Gasteiger partial charge in [0, 0.05) is 36.8 Å². The highest BCUT2D eigenvalue weighted by atomic mass is 19.4. The second-order valence-electron chi connectivity index (χ2n) is 6.56. The maximum absolute atomic E-state index is 13.1. The highest BCUT2D eigenvalue weighted by Gasteiger charge is 2.42. The minimum atomic E-state index is -5.34. The number of carbonyl (C=O) groups is 1. The van der Waals surface area contributed by atoms with Gasteiger partial charge >= 0.3 is 17.8 Å². The molecule has 2 N–H and O–H groups in total. The molecule has 0 saturated carbocycles. The van der Waals surface area contributed by atoms with Crippen molar-refractivity contribution in [1.29, 1.82) is 0 Å². The minimum Gasteiger partial charge on any atom is -0.327 e. The summed E-state index contributed by atoms with van der Waals surface area (Å²) >= 11 is 0. The lowest BCUT2D eigenvalue weighted by Gasteiger charge is -2.06. The summed E-state index contributed by atoms with van der Waals surface area (Å²) in [7, 11) is 0. The zero-order valence-corrected chi connectivity index (χ0v) is 16.9. The molecule has 1 aromatic carbocycles. The SMILES string of the molecule is CCn1cc(-c2cccc(-n3nnn(OC(=O)C(F)(F)F)c3=O)c2)c(CC(CN)=C(F)F)n1. The lowest BCUT2D eigenvalue weighted by Crippen LogP contribution is -2.39. The average molecular weight is 473 g/mol. The molecule has 0 amide bonds. The third-order valence-electron chi connectivity index (χ3n) is 4.41. The van der Waals surface area contributed by atoms with Crippen LogP contribution in [0.4, 0.5) is 22.0 Å². The molecule has 0 bridgehead atoms. The van der Waals surface area contributed by atoms with Crippen molar-refractivity contribution < 1.29 is 31.6 Å². The predicted octanol–water partition coefficient (Wildman–Crippen LogP) is 1.48. The number of carbonyl (C=O) groups excluding carboxylic acids is 1. The van der Waals surface area contributed by atoms with Crippen LogP contribution in [0.25, 0.3) is 16.8 Å². The molecule has 0 aliphatic carbocycles. The second kappa shape index (κ2) is 9.32. The molecule has 2 aromatic heterocycles. The molecule has 0 unspecified atom stereocenters. The van der Waals surface area contributed by atoms with E-state index in [0.717, 1.165) is 0 Å². The summed E-state index contributed by atoms with van der Waals surface area (Å²) in [5.41, 5.74) is 5.11. The number of tetrazole rings is 1. The van der Waals surface area contributed by atoms with Crippen molar-refractivity contribution in [2.75, 3.05) is 6.54 Å². The van der Waals surface area contributed by atoms with Gasteiger partial charge in [-0.05, 0) is 39.9 Å². The van der Waals surface area contributed by atoms with Gasteiger partial charge in [0.25, 0.3) is 6.08 Å². The Morgan fingerprint density at radius 3 is 2.55 bits per heavy atom. The molecule has 0 atom stereocenters. The monoisotopic (exact) mass is 473 g/mol. The molecular weight excluding hydrogens is 457 g/mol. The number of nitrogens with zero attached hydrogens (tertiary/aromatic N) is 6. The van der Waals surface area contributed by atoms with E-state index < -0.39 is 23.9 Å². The Balaban J connectivity index is 1.99. The van der Waals surface area contributed by atoms with Crippen molar-refractivity contribution in [3.8, 4) is 16.8 Å². The number of alkyl halides is 3. The van der Waals surface area contributed by atoms with E-state index in [0.29, 0.717) is 28.0 Å². The Morgan fingerprint density at radius 1 is 1.21 bits per heavy atom. The van der Waals surface area contributed by atoms with Crippen LogP contribution in [-0.2, 0) is 17.8 Å². The van der Waals surface area contributed by atoms with Gasteiger partial charge in [-0.2, -0.15) is 31.7 Å². The number of nitrogens with two attached hydrogens (primary N) is 1. The zero-order valence-electron chi connectivity index (χ0n) is 16.9. The molecule has 10 nitrogen and oxygen atoms in total. The van der Waals surface area contributed by atoms with Crippen LogP contribution in [0, 0.1) is 0 Å². The normalized spacial score (nSPS) is 11.5. The highest BCUT2D eigenvalue weighted by Crippen LogP contribution is 2.27. The number of hydrogen-bond donors (Lipinski definition) is 1. The number of halogens is 5. The second-order valence-corrected chi connectivity index (χ2v) is 6.56. The van der Waals surface area contributed by atoms with Crippen LogP contribution in [-0.4, -0.2) is 48.4 Å². The molecule has 2 heterocycles. The maximum Gasteiger partial charge on any atom is 0.493 e. The van der Waals surface area contributed by atoms with E-state index in [4.69, 9.17) is 5.73 Å². The smallest absolute Gasteiger partial charge is 0.327 e. The van der Waals surface area contributed by atoms with Crippen molar-refractivity contribution >= 4 is 5.97 Å². The van der Waals surface area contributed by atoms with Gasteiger partial charge in [-0.3, -0.25) is 4.68 Å². The van der Waals surface area contributed by atoms with Gasteiger partial charge in [0.15, 0.2) is 0 Å². The van der Waals surface area contributed by atoms with Crippen molar-refractivity contribution in [3.05, 3.63) is 58.3 Å². The Labute approximate surface area is 181 Å². The van der Waals surface area contributed by atoms with E-state index in [2.05, 4.69) is 20.4 Å². The van der Waals surface area contributed by atoms with Gasteiger partial charge in [-0.1, -0.05) is 12.1 Å². The van der Waals surface area contributed by atoms with E-state index in [-0.39, 0.29) is 29.1 Å². The summed E-state index contributed by atoms with van der Waals surface area (Å²) in [6, 6.07) is 5.93. The van der Waals surface area contributed by atoms with E-state index in [9.17, 15) is 31.5 Å². The molecule has 0 saturated heterocycles. The predicted molar refractivity (Wildman–Crippen MR) is 102 cm³/mol. The first-order valence-electron chi connectivity index (χ1n) is 9.29. The standard InChI is InChI=1S/C18H16F5N7O3/c1-2-28-9-13(14(25-28)7-11(8-24)15(19)20)10-4-3-5-12(6-10)29-17(32)30(27-26-29)33-16(31)18(21,22)23/h3-6,9H,2,7-8,24H2,1H3. The van der Waals surface area contributed by atoms with Gasteiger partial charge in [-0.25, -0.2) is 9.59 Å². The maximum atomic E-state index is 13.1. The third kappa shape index (κ3) is 5.14. The number of hydrogen-bond acceptors (Lipinski definition) is 7. The number of benzene rings is 1. The van der Waals surface area contributed by atoms with Crippen molar-refractivity contribution in [3.63, 3.8) is 0 Å². The molecule has 33 heavy (non-hydrogen) atoms. The number of rotatable bonds is 7. The van der Waals surface area contributed by atoms with Gasteiger partial charge in [0.05, 0.1) is 11.4 Å². The van der Waals surface area contributed by atoms with Gasteiger partial charge in [0.2, 0.25) is 0 Å². The van der Waals surface area contributed by atoms with Crippen LogP contribution in [0.3, 0.4) is 0 Å². The first-order valence-corrected chi connectivity index (χ1v) is 9.29. The molecule has 0 aliphatic heterocycles. The largest absolute Gasteiger partial charge is 0.493 e. The summed E-state index contributed by atoms with van der Waals surface area (Å²) in [4.78, 5) is 26.9. The van der Waals surface area contributed by atoms with Gasteiger partial charge < -0.3 is 10.6 Å². The van der Waals surface area contributed by atoms with Crippen molar-refractivity contribution in [2.45, 2.75) is 26.1 Å².